The van der Waals surface area contributed by atoms with Gasteiger partial charge in [-0.3, -0.25) is 0 Å². The van der Waals surface area contributed by atoms with Gasteiger partial charge in [0, 0.05) is 18.7 Å². The van der Waals surface area contributed by atoms with Crippen molar-refractivity contribution in [3.05, 3.63) is 35.4 Å². The molecule has 0 N–H and O–H groups in total. The SMILES string of the molecule is CCN(CC)C(=S)/N=C(\Cl)c1ccc(C)cc1. The molecule has 0 spiro atoms. The second kappa shape index (κ2) is 6.72. The summed E-state index contributed by atoms with van der Waals surface area (Å²) < 4.78 is 0. The fourth-order valence-electron chi connectivity index (χ4n) is 1.40. The van der Waals surface area contributed by atoms with E-state index in [1.165, 1.54) is 5.56 Å². The van der Waals surface area contributed by atoms with Crippen LogP contribution >= 0.6 is 23.8 Å². The van der Waals surface area contributed by atoms with E-state index in [1.807, 2.05) is 49.9 Å². The third-order valence-corrected chi connectivity index (χ3v) is 3.17. The zero-order valence-corrected chi connectivity index (χ0v) is 12.0. The summed E-state index contributed by atoms with van der Waals surface area (Å²) in [5.74, 6) is 0. The standard InChI is InChI=1S/C13H17ClN2S/c1-4-16(5-2)13(17)15-12(14)11-8-6-10(3)7-9-11/h6-9H,4-5H2,1-3H3/b15-12-. The number of thiocarbonyl (C=S) groups is 1. The molecule has 92 valence electrons. The molecule has 4 heteroatoms. The Labute approximate surface area is 113 Å². The topological polar surface area (TPSA) is 15.6 Å². The molecule has 0 aliphatic carbocycles. The van der Waals surface area contributed by atoms with Crippen LogP contribution in [0, 0.1) is 6.92 Å². The van der Waals surface area contributed by atoms with E-state index in [0.29, 0.717) is 10.3 Å². The van der Waals surface area contributed by atoms with Crippen molar-refractivity contribution in [1.82, 2.24) is 4.90 Å². The fourth-order valence-corrected chi connectivity index (χ4v) is 2.01. The monoisotopic (exact) mass is 268 g/mol. The molecule has 0 saturated heterocycles. The van der Waals surface area contributed by atoms with Crippen LogP contribution in [0.4, 0.5) is 0 Å². The lowest BCUT2D eigenvalue weighted by atomic mass is 10.2. The summed E-state index contributed by atoms with van der Waals surface area (Å²) >= 11 is 11.4. The summed E-state index contributed by atoms with van der Waals surface area (Å²) in [6.45, 7) is 7.82. The third-order valence-electron chi connectivity index (χ3n) is 2.52. The highest BCUT2D eigenvalue weighted by atomic mass is 35.5. The van der Waals surface area contributed by atoms with Gasteiger partial charge in [0.15, 0.2) is 5.11 Å². The first-order chi connectivity index (χ1) is 8.08. The molecule has 17 heavy (non-hydrogen) atoms. The number of benzene rings is 1. The number of hydrogen-bond acceptors (Lipinski definition) is 1. The number of aliphatic imine (C=N–C) groups is 1. The molecule has 0 bridgehead atoms. The molecule has 0 aliphatic rings. The van der Waals surface area contributed by atoms with Crippen molar-refractivity contribution in [3.63, 3.8) is 0 Å². The summed E-state index contributed by atoms with van der Waals surface area (Å²) in [7, 11) is 0. The van der Waals surface area contributed by atoms with Crippen molar-refractivity contribution in [3.8, 4) is 0 Å². The van der Waals surface area contributed by atoms with E-state index in [1.54, 1.807) is 0 Å². The van der Waals surface area contributed by atoms with Gasteiger partial charge in [-0.15, -0.1) is 0 Å². The van der Waals surface area contributed by atoms with Gasteiger partial charge in [-0.25, -0.2) is 4.99 Å². The summed E-state index contributed by atoms with van der Waals surface area (Å²) in [4.78, 5) is 6.25. The van der Waals surface area contributed by atoms with E-state index in [9.17, 15) is 0 Å². The normalized spacial score (nSPS) is 11.4. The van der Waals surface area contributed by atoms with Gasteiger partial charge in [-0.2, -0.15) is 0 Å². The second-order valence-corrected chi connectivity index (χ2v) is 4.45. The molecule has 2 nitrogen and oxygen atoms in total. The van der Waals surface area contributed by atoms with Crippen LogP contribution in [0.3, 0.4) is 0 Å². The molecule has 0 saturated carbocycles. The summed E-state index contributed by atoms with van der Waals surface area (Å²) in [5.41, 5.74) is 2.09. The molecule has 0 fully saturated rings. The Kier molecular flexibility index (Phi) is 5.59. The van der Waals surface area contributed by atoms with E-state index < -0.39 is 0 Å². The zero-order chi connectivity index (χ0) is 12.8. The molecule has 0 unspecified atom stereocenters. The number of hydrogen-bond donors (Lipinski definition) is 0. The van der Waals surface area contributed by atoms with Crippen molar-refractivity contribution < 1.29 is 0 Å². The molecule has 0 radical (unpaired) electrons. The van der Waals surface area contributed by atoms with E-state index in [0.717, 1.165) is 18.7 Å². The summed E-state index contributed by atoms with van der Waals surface area (Å²) in [6.07, 6.45) is 0. The Hall–Kier alpha value is -0.930. The maximum atomic E-state index is 6.15. The van der Waals surface area contributed by atoms with Crippen LogP contribution in [0.2, 0.25) is 0 Å². The second-order valence-electron chi connectivity index (χ2n) is 3.72. The maximum Gasteiger partial charge on any atom is 0.196 e. The van der Waals surface area contributed by atoms with Gasteiger partial charge < -0.3 is 4.90 Å². The van der Waals surface area contributed by atoms with E-state index >= 15 is 0 Å². The van der Waals surface area contributed by atoms with Gasteiger partial charge >= 0.3 is 0 Å². The van der Waals surface area contributed by atoms with Gasteiger partial charge in [0.05, 0.1) is 0 Å². The van der Waals surface area contributed by atoms with Crippen LogP contribution in [0.15, 0.2) is 29.3 Å². The zero-order valence-electron chi connectivity index (χ0n) is 10.4. The van der Waals surface area contributed by atoms with Crippen LogP contribution in [-0.2, 0) is 0 Å². The highest BCUT2D eigenvalue weighted by Crippen LogP contribution is 2.08. The van der Waals surface area contributed by atoms with E-state index in [4.69, 9.17) is 23.8 Å². The van der Waals surface area contributed by atoms with Crippen LogP contribution in [0.25, 0.3) is 0 Å². The van der Waals surface area contributed by atoms with Crippen molar-refractivity contribution in [2.75, 3.05) is 13.1 Å². The van der Waals surface area contributed by atoms with Crippen molar-refractivity contribution in [2.24, 2.45) is 4.99 Å². The first kappa shape index (κ1) is 14.1. The third kappa shape index (κ3) is 4.10. The van der Waals surface area contributed by atoms with Crippen LogP contribution < -0.4 is 0 Å². The van der Waals surface area contributed by atoms with Gasteiger partial charge in [-0.05, 0) is 33.0 Å². The average molecular weight is 269 g/mol. The molecule has 1 rings (SSSR count). The van der Waals surface area contributed by atoms with Crippen LogP contribution in [0.1, 0.15) is 25.0 Å². The Morgan fingerprint density at radius 2 is 1.76 bits per heavy atom. The van der Waals surface area contributed by atoms with Crippen LogP contribution in [0.5, 0.6) is 0 Å². The molecule has 0 aromatic heterocycles. The summed E-state index contributed by atoms with van der Waals surface area (Å²) in [5, 5.41) is 0.988. The lowest BCUT2D eigenvalue weighted by molar-refractivity contribution is 0.469. The average Bonchev–Trinajstić information content (AvgIpc) is 2.31. The molecular weight excluding hydrogens is 252 g/mol. The van der Waals surface area contributed by atoms with Crippen molar-refractivity contribution in [1.29, 1.82) is 0 Å². The van der Waals surface area contributed by atoms with Gasteiger partial charge in [0.25, 0.3) is 0 Å². The highest BCUT2D eigenvalue weighted by molar-refractivity contribution is 7.80. The van der Waals surface area contributed by atoms with Crippen LogP contribution in [-0.4, -0.2) is 28.3 Å². The molecule has 1 aromatic carbocycles. The first-order valence-corrected chi connectivity index (χ1v) is 6.47. The van der Waals surface area contributed by atoms with Crippen molar-refractivity contribution >= 4 is 34.1 Å². The molecule has 0 aliphatic heterocycles. The van der Waals surface area contributed by atoms with Gasteiger partial charge in [0.1, 0.15) is 5.17 Å². The highest BCUT2D eigenvalue weighted by Gasteiger charge is 2.06. The number of aryl methyl sites for hydroxylation is 1. The van der Waals surface area contributed by atoms with Gasteiger partial charge in [-0.1, -0.05) is 41.4 Å². The Balaban J connectivity index is 2.85. The predicted octanol–water partition coefficient (Wildman–Crippen LogP) is 3.61. The smallest absolute Gasteiger partial charge is 0.196 e. The van der Waals surface area contributed by atoms with E-state index in [-0.39, 0.29) is 0 Å². The number of rotatable bonds is 3. The maximum absolute atomic E-state index is 6.15. The van der Waals surface area contributed by atoms with Gasteiger partial charge in [0.2, 0.25) is 0 Å². The van der Waals surface area contributed by atoms with Crippen molar-refractivity contribution in [2.45, 2.75) is 20.8 Å². The predicted molar refractivity (Wildman–Crippen MR) is 79.1 cm³/mol. The minimum Gasteiger partial charge on any atom is -0.348 e. The quantitative estimate of drug-likeness (QED) is 0.615. The lowest BCUT2D eigenvalue weighted by Gasteiger charge is -2.18. The summed E-state index contributed by atoms with van der Waals surface area (Å²) in [6, 6.07) is 7.92. The molecule has 0 heterocycles. The molecule has 0 atom stereocenters. The Bertz CT molecular complexity index is 408. The number of nitrogens with zero attached hydrogens (tertiary/aromatic N) is 2. The number of halogens is 1. The molecule has 0 amide bonds. The Morgan fingerprint density at radius 1 is 1.24 bits per heavy atom. The lowest BCUT2D eigenvalue weighted by Crippen LogP contribution is -2.28. The largest absolute Gasteiger partial charge is 0.348 e. The minimum absolute atomic E-state index is 0.446. The van der Waals surface area contributed by atoms with E-state index in [2.05, 4.69) is 4.99 Å². The minimum atomic E-state index is 0.446. The molecule has 1 aromatic rings. The fraction of sp³-hybridized carbons (Fsp3) is 0.385. The first-order valence-electron chi connectivity index (χ1n) is 5.68. The Morgan fingerprint density at radius 3 is 2.24 bits per heavy atom. The molecular formula is C13H17ClN2S.